The first kappa shape index (κ1) is 14.6. The number of carbonyl (C=O) groups excluding carboxylic acids is 1. The lowest BCUT2D eigenvalue weighted by Gasteiger charge is -2.19. The third kappa shape index (κ3) is 5.27. The van der Waals surface area contributed by atoms with E-state index >= 15 is 0 Å². The van der Waals surface area contributed by atoms with E-state index in [0.717, 1.165) is 17.9 Å². The Balaban J connectivity index is 2.54. The van der Waals surface area contributed by atoms with Gasteiger partial charge in [0, 0.05) is 12.2 Å². The molecule has 0 saturated carbocycles. The van der Waals surface area contributed by atoms with Crippen molar-refractivity contribution < 1.29 is 9.53 Å². The number of esters is 1. The Morgan fingerprint density at radius 1 is 1.44 bits per heavy atom. The second kappa shape index (κ2) is 7.11. The van der Waals surface area contributed by atoms with E-state index in [9.17, 15) is 4.79 Å². The average molecular weight is 250 g/mol. The molecule has 4 heteroatoms. The largest absolute Gasteiger partial charge is 0.462 e. The van der Waals surface area contributed by atoms with Crippen LogP contribution in [-0.2, 0) is 16.1 Å². The third-order valence-electron chi connectivity index (χ3n) is 2.50. The van der Waals surface area contributed by atoms with Crippen LogP contribution in [0.2, 0.25) is 0 Å². The van der Waals surface area contributed by atoms with Gasteiger partial charge in [-0.25, -0.2) is 0 Å². The number of pyridine rings is 1. The van der Waals surface area contributed by atoms with Gasteiger partial charge in [-0.05, 0) is 39.4 Å². The predicted octanol–water partition coefficient (Wildman–Crippen LogP) is 2.16. The molecule has 4 nitrogen and oxygen atoms in total. The van der Waals surface area contributed by atoms with E-state index in [4.69, 9.17) is 4.74 Å². The van der Waals surface area contributed by atoms with E-state index < -0.39 is 0 Å². The van der Waals surface area contributed by atoms with Crippen LogP contribution >= 0.6 is 0 Å². The van der Waals surface area contributed by atoms with E-state index in [1.54, 1.807) is 0 Å². The molecule has 1 heterocycles. The van der Waals surface area contributed by atoms with Crippen molar-refractivity contribution in [3.05, 3.63) is 29.6 Å². The van der Waals surface area contributed by atoms with Crippen LogP contribution in [0.1, 0.15) is 32.2 Å². The van der Waals surface area contributed by atoms with Crippen molar-refractivity contribution in [2.75, 3.05) is 13.1 Å². The van der Waals surface area contributed by atoms with Gasteiger partial charge in [0.25, 0.3) is 0 Å². The summed E-state index contributed by atoms with van der Waals surface area (Å²) >= 11 is 0. The SMILES string of the molecule is CCN(CC(=O)OC(C)C)Cc1cccc(C)n1. The Morgan fingerprint density at radius 3 is 2.72 bits per heavy atom. The van der Waals surface area contributed by atoms with Gasteiger partial charge in [-0.2, -0.15) is 0 Å². The lowest BCUT2D eigenvalue weighted by molar-refractivity contribution is -0.148. The van der Waals surface area contributed by atoms with Crippen molar-refractivity contribution in [2.24, 2.45) is 0 Å². The van der Waals surface area contributed by atoms with Crippen molar-refractivity contribution in [2.45, 2.75) is 40.3 Å². The van der Waals surface area contributed by atoms with Crippen LogP contribution in [0.25, 0.3) is 0 Å². The Labute approximate surface area is 109 Å². The van der Waals surface area contributed by atoms with Crippen molar-refractivity contribution in [3.63, 3.8) is 0 Å². The first-order valence-corrected chi connectivity index (χ1v) is 6.35. The van der Waals surface area contributed by atoms with Crippen LogP contribution in [-0.4, -0.2) is 35.0 Å². The number of carbonyl (C=O) groups is 1. The summed E-state index contributed by atoms with van der Waals surface area (Å²) in [6.07, 6.45) is -0.0618. The molecule has 0 spiro atoms. The fourth-order valence-electron chi connectivity index (χ4n) is 1.68. The smallest absolute Gasteiger partial charge is 0.320 e. The van der Waals surface area contributed by atoms with Crippen LogP contribution in [0.5, 0.6) is 0 Å². The molecule has 18 heavy (non-hydrogen) atoms. The topological polar surface area (TPSA) is 42.4 Å². The van der Waals surface area contributed by atoms with E-state index in [0.29, 0.717) is 13.1 Å². The summed E-state index contributed by atoms with van der Waals surface area (Å²) in [5.41, 5.74) is 1.97. The van der Waals surface area contributed by atoms with E-state index in [-0.39, 0.29) is 12.1 Å². The fourth-order valence-corrected chi connectivity index (χ4v) is 1.68. The normalized spacial score (nSPS) is 11.0. The highest BCUT2D eigenvalue weighted by Gasteiger charge is 2.12. The molecule has 0 saturated heterocycles. The van der Waals surface area contributed by atoms with E-state index in [1.165, 1.54) is 0 Å². The molecule has 0 aliphatic carbocycles. The molecule has 0 aromatic carbocycles. The molecule has 100 valence electrons. The molecule has 0 aliphatic heterocycles. The minimum atomic E-state index is -0.181. The summed E-state index contributed by atoms with van der Waals surface area (Å²) in [5.74, 6) is -0.181. The van der Waals surface area contributed by atoms with Gasteiger partial charge in [-0.15, -0.1) is 0 Å². The zero-order chi connectivity index (χ0) is 13.5. The molecule has 0 amide bonds. The van der Waals surface area contributed by atoms with Gasteiger partial charge in [0.2, 0.25) is 0 Å². The molecular formula is C14H22N2O2. The Hall–Kier alpha value is -1.42. The van der Waals surface area contributed by atoms with Gasteiger partial charge in [0.05, 0.1) is 18.3 Å². The number of rotatable bonds is 6. The maximum atomic E-state index is 11.6. The summed E-state index contributed by atoms with van der Waals surface area (Å²) in [7, 11) is 0. The molecule has 0 radical (unpaired) electrons. The molecular weight excluding hydrogens is 228 g/mol. The zero-order valence-electron chi connectivity index (χ0n) is 11.6. The monoisotopic (exact) mass is 250 g/mol. The predicted molar refractivity (Wildman–Crippen MR) is 71.2 cm³/mol. The van der Waals surface area contributed by atoms with Crippen LogP contribution < -0.4 is 0 Å². The summed E-state index contributed by atoms with van der Waals surface area (Å²) in [6.45, 7) is 9.48. The van der Waals surface area contributed by atoms with Crippen molar-refractivity contribution in [3.8, 4) is 0 Å². The standard InChI is InChI=1S/C14H22N2O2/c1-5-16(10-14(17)18-11(2)3)9-13-8-6-7-12(4)15-13/h6-8,11H,5,9-10H2,1-4H3. The molecule has 0 aliphatic rings. The van der Waals surface area contributed by atoms with Crippen molar-refractivity contribution >= 4 is 5.97 Å². The lowest BCUT2D eigenvalue weighted by atomic mass is 10.3. The van der Waals surface area contributed by atoms with Gasteiger partial charge >= 0.3 is 5.97 Å². The van der Waals surface area contributed by atoms with Crippen LogP contribution in [0, 0.1) is 6.92 Å². The van der Waals surface area contributed by atoms with Crippen LogP contribution in [0.4, 0.5) is 0 Å². The number of nitrogens with zero attached hydrogens (tertiary/aromatic N) is 2. The minimum Gasteiger partial charge on any atom is -0.462 e. The highest BCUT2D eigenvalue weighted by molar-refractivity contribution is 5.71. The Bertz CT molecular complexity index is 391. The van der Waals surface area contributed by atoms with Crippen LogP contribution in [0.3, 0.4) is 0 Å². The Morgan fingerprint density at radius 2 is 2.17 bits per heavy atom. The fraction of sp³-hybridized carbons (Fsp3) is 0.571. The number of hydrogen-bond acceptors (Lipinski definition) is 4. The maximum absolute atomic E-state index is 11.6. The number of ether oxygens (including phenoxy) is 1. The third-order valence-corrected chi connectivity index (χ3v) is 2.50. The van der Waals surface area contributed by atoms with E-state index in [1.807, 2.05) is 50.8 Å². The summed E-state index contributed by atoms with van der Waals surface area (Å²) in [6, 6.07) is 5.92. The number of hydrogen-bond donors (Lipinski definition) is 0. The molecule has 1 rings (SSSR count). The molecule has 0 N–H and O–H groups in total. The summed E-state index contributed by atoms with van der Waals surface area (Å²) in [4.78, 5) is 18.1. The maximum Gasteiger partial charge on any atom is 0.320 e. The van der Waals surface area contributed by atoms with E-state index in [2.05, 4.69) is 4.98 Å². The minimum absolute atomic E-state index is 0.0618. The molecule has 0 unspecified atom stereocenters. The zero-order valence-corrected chi connectivity index (χ0v) is 11.6. The number of aromatic nitrogens is 1. The van der Waals surface area contributed by atoms with Crippen molar-refractivity contribution in [1.82, 2.24) is 9.88 Å². The summed E-state index contributed by atoms with van der Waals surface area (Å²) in [5, 5.41) is 0. The number of likely N-dealkylation sites (N-methyl/N-ethyl adjacent to an activating group) is 1. The number of aryl methyl sites for hydroxylation is 1. The molecule has 0 atom stereocenters. The molecule has 0 bridgehead atoms. The second-order valence-electron chi connectivity index (χ2n) is 4.61. The lowest BCUT2D eigenvalue weighted by Crippen LogP contribution is -2.31. The second-order valence-corrected chi connectivity index (χ2v) is 4.61. The van der Waals surface area contributed by atoms with Gasteiger partial charge in [0.15, 0.2) is 0 Å². The van der Waals surface area contributed by atoms with Gasteiger partial charge in [-0.1, -0.05) is 13.0 Å². The van der Waals surface area contributed by atoms with Crippen LogP contribution in [0.15, 0.2) is 18.2 Å². The quantitative estimate of drug-likeness (QED) is 0.726. The van der Waals surface area contributed by atoms with Crippen molar-refractivity contribution in [1.29, 1.82) is 0 Å². The summed E-state index contributed by atoms with van der Waals surface area (Å²) < 4.78 is 5.14. The molecule has 1 aromatic heterocycles. The highest BCUT2D eigenvalue weighted by Crippen LogP contribution is 2.04. The molecule has 1 aromatic rings. The van der Waals surface area contributed by atoms with Gasteiger partial charge < -0.3 is 4.74 Å². The first-order valence-electron chi connectivity index (χ1n) is 6.35. The van der Waals surface area contributed by atoms with Gasteiger partial charge in [0.1, 0.15) is 0 Å². The average Bonchev–Trinajstić information content (AvgIpc) is 2.27. The first-order chi connectivity index (χ1) is 8.51. The molecule has 0 fully saturated rings. The van der Waals surface area contributed by atoms with Gasteiger partial charge in [-0.3, -0.25) is 14.7 Å². The highest BCUT2D eigenvalue weighted by atomic mass is 16.5. The Kier molecular flexibility index (Phi) is 5.78.